The standard InChI is InChI=1S/C20H33N7O6/c28-17(29)15-25-7-5-24(6-8-25)13-16-14-27(20(31)32-16)4-2-1-3-23-9-11-26(12-10-23)18-21-19(30)33-22-18/h16H,1-15H2,(H,28,29)(H,21,22,30). The van der Waals surface area contributed by atoms with Crippen LogP contribution < -0.4 is 10.7 Å². The highest BCUT2D eigenvalue weighted by atomic mass is 16.6. The highest BCUT2D eigenvalue weighted by molar-refractivity contribution is 5.70. The Bertz CT molecular complexity index is 844. The summed E-state index contributed by atoms with van der Waals surface area (Å²) in [6.07, 6.45) is 1.56. The summed E-state index contributed by atoms with van der Waals surface area (Å²) in [6, 6.07) is 0. The Balaban J connectivity index is 1.08. The maximum Gasteiger partial charge on any atom is 0.440 e. The normalized spacial score (nSPS) is 23.3. The number of aliphatic carboxylic acids is 1. The number of carbonyl (C=O) groups is 2. The summed E-state index contributed by atoms with van der Waals surface area (Å²) in [5, 5.41) is 12.6. The van der Waals surface area contributed by atoms with Crippen LogP contribution in [-0.4, -0.2) is 138 Å². The van der Waals surface area contributed by atoms with Crippen molar-refractivity contribution >= 4 is 18.0 Å². The van der Waals surface area contributed by atoms with E-state index < -0.39 is 11.7 Å². The number of anilines is 1. The van der Waals surface area contributed by atoms with Crippen LogP contribution in [0.1, 0.15) is 12.8 Å². The van der Waals surface area contributed by atoms with Gasteiger partial charge in [-0.3, -0.25) is 29.0 Å². The average molecular weight is 468 g/mol. The monoisotopic (exact) mass is 467 g/mol. The minimum absolute atomic E-state index is 0.0815. The van der Waals surface area contributed by atoms with Crippen molar-refractivity contribution < 1.29 is 24.0 Å². The van der Waals surface area contributed by atoms with Gasteiger partial charge in [0.25, 0.3) is 0 Å². The van der Waals surface area contributed by atoms with E-state index in [1.165, 1.54) is 0 Å². The lowest BCUT2D eigenvalue weighted by molar-refractivity contribution is -0.138. The molecule has 1 aromatic heterocycles. The zero-order chi connectivity index (χ0) is 23.2. The van der Waals surface area contributed by atoms with E-state index in [-0.39, 0.29) is 18.7 Å². The third kappa shape index (κ3) is 6.68. The third-order valence-electron chi connectivity index (χ3n) is 6.49. The van der Waals surface area contributed by atoms with Gasteiger partial charge in [-0.05, 0) is 24.5 Å². The molecule has 184 valence electrons. The van der Waals surface area contributed by atoms with Crippen LogP contribution in [0, 0.1) is 0 Å². The maximum absolute atomic E-state index is 12.2. The van der Waals surface area contributed by atoms with E-state index in [9.17, 15) is 14.4 Å². The van der Waals surface area contributed by atoms with E-state index in [2.05, 4.69) is 24.5 Å². The molecule has 2 N–H and O–H groups in total. The molecule has 1 atom stereocenters. The van der Waals surface area contributed by atoms with Crippen molar-refractivity contribution in [2.24, 2.45) is 0 Å². The number of rotatable bonds is 10. The molecule has 1 unspecified atom stereocenters. The van der Waals surface area contributed by atoms with Gasteiger partial charge >= 0.3 is 17.8 Å². The second-order valence-corrected chi connectivity index (χ2v) is 8.88. The fourth-order valence-corrected chi connectivity index (χ4v) is 4.64. The van der Waals surface area contributed by atoms with Crippen molar-refractivity contribution in [1.29, 1.82) is 0 Å². The van der Waals surface area contributed by atoms with Gasteiger partial charge in [0, 0.05) is 65.4 Å². The second kappa shape index (κ2) is 11.0. The minimum atomic E-state index is -0.796. The Labute approximate surface area is 191 Å². The Morgan fingerprint density at radius 3 is 2.30 bits per heavy atom. The van der Waals surface area contributed by atoms with Gasteiger partial charge in [0.2, 0.25) is 5.95 Å². The fourth-order valence-electron chi connectivity index (χ4n) is 4.64. The molecule has 0 aromatic carbocycles. The predicted molar refractivity (Wildman–Crippen MR) is 117 cm³/mol. The molecule has 3 fully saturated rings. The summed E-state index contributed by atoms with van der Waals surface area (Å²) in [5.41, 5.74) is 0. The number of carbonyl (C=O) groups excluding carboxylic acids is 1. The summed E-state index contributed by atoms with van der Waals surface area (Å²) < 4.78 is 10.1. The van der Waals surface area contributed by atoms with Crippen LogP contribution in [0.4, 0.5) is 10.7 Å². The van der Waals surface area contributed by atoms with Gasteiger partial charge in [-0.2, -0.15) is 0 Å². The highest BCUT2D eigenvalue weighted by Crippen LogP contribution is 2.15. The number of cyclic esters (lactones) is 1. The molecule has 3 aliphatic rings. The van der Waals surface area contributed by atoms with E-state index in [1.807, 2.05) is 9.80 Å². The van der Waals surface area contributed by atoms with Crippen LogP contribution >= 0.6 is 0 Å². The van der Waals surface area contributed by atoms with E-state index in [4.69, 9.17) is 9.84 Å². The van der Waals surface area contributed by atoms with Crippen molar-refractivity contribution in [1.82, 2.24) is 29.7 Å². The fraction of sp³-hybridized carbons (Fsp3) is 0.800. The van der Waals surface area contributed by atoms with Crippen LogP contribution in [0.2, 0.25) is 0 Å². The Morgan fingerprint density at radius 2 is 1.64 bits per heavy atom. The lowest BCUT2D eigenvalue weighted by atomic mass is 10.2. The number of amides is 1. The summed E-state index contributed by atoms with van der Waals surface area (Å²) >= 11 is 0. The number of hydrogen-bond donors (Lipinski definition) is 2. The number of carboxylic acids is 1. The first-order valence-electron chi connectivity index (χ1n) is 11.6. The van der Waals surface area contributed by atoms with Crippen molar-refractivity contribution in [2.45, 2.75) is 18.9 Å². The summed E-state index contributed by atoms with van der Waals surface area (Å²) in [5.74, 6) is -0.840. The third-order valence-corrected chi connectivity index (χ3v) is 6.49. The molecule has 0 saturated carbocycles. The number of carboxylic acid groups (broad SMARTS) is 1. The van der Waals surface area contributed by atoms with E-state index >= 15 is 0 Å². The maximum atomic E-state index is 12.2. The number of nitrogens with one attached hydrogen (secondary N) is 1. The first-order valence-corrected chi connectivity index (χ1v) is 11.6. The second-order valence-electron chi connectivity index (χ2n) is 8.88. The van der Waals surface area contributed by atoms with Crippen LogP contribution in [-0.2, 0) is 9.53 Å². The SMILES string of the molecule is O=C(O)CN1CCN(CC2CN(CCCCN3CCN(c4noc(=O)[nH]4)CC3)C(=O)O2)CC1. The van der Waals surface area contributed by atoms with E-state index in [0.29, 0.717) is 25.6 Å². The smallest absolute Gasteiger partial charge is 0.440 e. The number of aromatic nitrogens is 2. The van der Waals surface area contributed by atoms with Crippen molar-refractivity contribution in [2.75, 3.05) is 90.0 Å². The lowest BCUT2D eigenvalue weighted by Gasteiger charge is -2.34. The van der Waals surface area contributed by atoms with Crippen LogP contribution in [0.5, 0.6) is 0 Å². The zero-order valence-electron chi connectivity index (χ0n) is 18.9. The molecule has 0 bridgehead atoms. The molecule has 0 radical (unpaired) electrons. The van der Waals surface area contributed by atoms with Crippen LogP contribution in [0.25, 0.3) is 0 Å². The molecule has 33 heavy (non-hydrogen) atoms. The molecule has 3 aliphatic heterocycles. The molecule has 4 heterocycles. The quantitative estimate of drug-likeness (QED) is 0.401. The van der Waals surface area contributed by atoms with Gasteiger partial charge in [0.15, 0.2) is 0 Å². The van der Waals surface area contributed by atoms with E-state index in [1.54, 1.807) is 4.90 Å². The lowest BCUT2D eigenvalue weighted by Crippen LogP contribution is -2.50. The Morgan fingerprint density at radius 1 is 0.970 bits per heavy atom. The number of H-pyrrole nitrogens is 1. The van der Waals surface area contributed by atoms with Gasteiger partial charge in [0.05, 0.1) is 13.1 Å². The average Bonchev–Trinajstić information content (AvgIpc) is 3.38. The highest BCUT2D eigenvalue weighted by Gasteiger charge is 2.33. The first kappa shape index (κ1) is 23.5. The summed E-state index contributed by atoms with van der Waals surface area (Å²) in [4.78, 5) is 47.1. The largest absolute Gasteiger partial charge is 0.480 e. The molecule has 0 aliphatic carbocycles. The Hall–Kier alpha value is -2.64. The minimum Gasteiger partial charge on any atom is -0.480 e. The molecule has 0 spiro atoms. The molecular formula is C20H33N7O6. The van der Waals surface area contributed by atoms with Crippen molar-refractivity contribution in [3.8, 4) is 0 Å². The molecule has 1 amide bonds. The molecule has 4 rings (SSSR count). The molecular weight excluding hydrogens is 434 g/mol. The molecule has 3 saturated heterocycles. The number of ether oxygens (including phenoxy) is 1. The Kier molecular flexibility index (Phi) is 7.83. The molecule has 1 aromatic rings. The van der Waals surface area contributed by atoms with Gasteiger partial charge in [-0.25, -0.2) is 9.59 Å². The molecule has 13 heteroatoms. The zero-order valence-corrected chi connectivity index (χ0v) is 18.9. The number of hydrogen-bond acceptors (Lipinski definition) is 10. The predicted octanol–water partition coefficient (Wildman–Crippen LogP) is -1.21. The van der Waals surface area contributed by atoms with Crippen LogP contribution in [0.3, 0.4) is 0 Å². The number of nitrogens with zero attached hydrogens (tertiary/aromatic N) is 6. The summed E-state index contributed by atoms with van der Waals surface area (Å²) in [6.45, 7) is 9.44. The number of unbranched alkanes of at least 4 members (excludes halogenated alkanes) is 1. The van der Waals surface area contributed by atoms with Crippen molar-refractivity contribution in [3.05, 3.63) is 10.6 Å². The van der Waals surface area contributed by atoms with Crippen LogP contribution in [0.15, 0.2) is 9.32 Å². The van der Waals surface area contributed by atoms with Crippen molar-refractivity contribution in [3.63, 3.8) is 0 Å². The van der Waals surface area contributed by atoms with Gasteiger partial charge in [-0.15, -0.1) is 0 Å². The van der Waals surface area contributed by atoms with Gasteiger partial charge in [0.1, 0.15) is 6.10 Å². The topological polar surface area (TPSA) is 139 Å². The number of aromatic amines is 1. The van der Waals surface area contributed by atoms with E-state index in [0.717, 1.165) is 71.7 Å². The molecule has 13 nitrogen and oxygen atoms in total. The first-order chi connectivity index (χ1) is 16.0. The van der Waals surface area contributed by atoms with Gasteiger partial charge in [-0.1, -0.05) is 0 Å². The van der Waals surface area contributed by atoms with Gasteiger partial charge < -0.3 is 19.6 Å². The summed E-state index contributed by atoms with van der Waals surface area (Å²) in [7, 11) is 0. The number of piperazine rings is 2.